The van der Waals surface area contributed by atoms with Crippen LogP contribution in [0.5, 0.6) is 0 Å². The molecule has 1 aliphatic heterocycles. The number of nitrogens with zero attached hydrogens (tertiary/aromatic N) is 2. The van der Waals surface area contributed by atoms with Gasteiger partial charge in [-0.3, -0.25) is 4.79 Å². The molecule has 24 heavy (non-hydrogen) atoms. The average molecular weight is 326 g/mol. The summed E-state index contributed by atoms with van der Waals surface area (Å²) in [5.74, 6) is 0.316. The molecule has 0 spiro atoms. The van der Waals surface area contributed by atoms with Crippen LogP contribution in [0, 0.1) is 12.7 Å². The lowest BCUT2D eigenvalue weighted by Crippen LogP contribution is -2.22. The van der Waals surface area contributed by atoms with Crippen molar-refractivity contribution in [1.29, 1.82) is 0 Å². The van der Waals surface area contributed by atoms with Gasteiger partial charge in [-0.15, -0.1) is 0 Å². The van der Waals surface area contributed by atoms with Crippen molar-refractivity contribution in [3.05, 3.63) is 65.4 Å². The van der Waals surface area contributed by atoms with Gasteiger partial charge in [-0.1, -0.05) is 38.1 Å². The number of aliphatic imine (C=N–C) groups is 1. The van der Waals surface area contributed by atoms with Crippen molar-refractivity contribution >= 4 is 17.6 Å². The van der Waals surface area contributed by atoms with Gasteiger partial charge in [0.15, 0.2) is 6.29 Å². The Balaban J connectivity index is 2.35. The Bertz CT molecular complexity index is 744. The Morgan fingerprint density at radius 1 is 1.42 bits per heavy atom. The summed E-state index contributed by atoms with van der Waals surface area (Å²) in [6.45, 7) is 7.82. The molecule has 1 aromatic carbocycles. The molecular weight excluding hydrogens is 303 g/mol. The zero-order valence-corrected chi connectivity index (χ0v) is 14.5. The van der Waals surface area contributed by atoms with E-state index in [9.17, 15) is 9.18 Å². The fourth-order valence-corrected chi connectivity index (χ4v) is 2.57. The number of benzene rings is 1. The molecule has 1 aliphatic rings. The Hall–Kier alpha value is -2.49. The largest absolute Gasteiger partial charge is 0.333 e. The van der Waals surface area contributed by atoms with Gasteiger partial charge in [-0.05, 0) is 43.1 Å². The van der Waals surface area contributed by atoms with Crippen LogP contribution in [0.25, 0.3) is 5.57 Å². The van der Waals surface area contributed by atoms with Crippen molar-refractivity contribution in [3.63, 3.8) is 0 Å². The monoisotopic (exact) mass is 326 g/mol. The van der Waals surface area contributed by atoms with Gasteiger partial charge in [0.05, 0.1) is 0 Å². The molecule has 0 fully saturated rings. The number of allylic oxidation sites excluding steroid dienone is 4. The minimum atomic E-state index is -0.279. The van der Waals surface area contributed by atoms with E-state index in [1.165, 1.54) is 0 Å². The summed E-state index contributed by atoms with van der Waals surface area (Å²) >= 11 is 0. The Morgan fingerprint density at radius 2 is 2.17 bits per heavy atom. The molecule has 0 amide bonds. The molecule has 0 atom stereocenters. The third-order valence-electron chi connectivity index (χ3n) is 4.08. The predicted molar refractivity (Wildman–Crippen MR) is 97.1 cm³/mol. The van der Waals surface area contributed by atoms with Crippen LogP contribution in [0.1, 0.15) is 37.3 Å². The van der Waals surface area contributed by atoms with Gasteiger partial charge in [0.2, 0.25) is 0 Å². The van der Waals surface area contributed by atoms with E-state index in [4.69, 9.17) is 0 Å². The minimum Gasteiger partial charge on any atom is -0.333 e. The molecule has 1 aromatic rings. The van der Waals surface area contributed by atoms with E-state index in [0.29, 0.717) is 28.2 Å². The van der Waals surface area contributed by atoms with Gasteiger partial charge in [0, 0.05) is 18.3 Å². The number of carbonyl (C=O) groups excluding carboxylic acids is 1. The zero-order chi connectivity index (χ0) is 17.7. The minimum absolute atomic E-state index is 0.279. The quantitative estimate of drug-likeness (QED) is 0.713. The van der Waals surface area contributed by atoms with Gasteiger partial charge < -0.3 is 4.90 Å². The van der Waals surface area contributed by atoms with E-state index < -0.39 is 0 Å². The number of hydrogen-bond donors (Lipinski definition) is 0. The van der Waals surface area contributed by atoms with E-state index in [2.05, 4.69) is 18.5 Å². The summed E-state index contributed by atoms with van der Waals surface area (Å²) in [4.78, 5) is 17.4. The summed E-state index contributed by atoms with van der Waals surface area (Å²) in [6.07, 6.45) is 7.23. The van der Waals surface area contributed by atoms with Crippen LogP contribution in [0.4, 0.5) is 4.39 Å². The highest BCUT2D eigenvalue weighted by atomic mass is 19.1. The maximum atomic E-state index is 14.3. The first kappa shape index (κ1) is 17.9. The second kappa shape index (κ2) is 7.86. The van der Waals surface area contributed by atoms with Crippen LogP contribution in [0.3, 0.4) is 0 Å². The highest BCUT2D eigenvalue weighted by Gasteiger charge is 2.17. The number of rotatable bonds is 6. The predicted octanol–water partition coefficient (Wildman–Crippen LogP) is 4.65. The molecule has 0 saturated carbocycles. The normalized spacial score (nSPS) is 16.0. The van der Waals surface area contributed by atoms with E-state index in [0.717, 1.165) is 31.2 Å². The average Bonchev–Trinajstić information content (AvgIpc) is 2.57. The second-order valence-corrected chi connectivity index (χ2v) is 5.92. The fourth-order valence-electron chi connectivity index (χ4n) is 2.57. The van der Waals surface area contributed by atoms with E-state index in [1.54, 1.807) is 37.3 Å². The molecule has 2 rings (SSSR count). The van der Waals surface area contributed by atoms with E-state index >= 15 is 0 Å². The van der Waals surface area contributed by atoms with E-state index in [1.807, 2.05) is 11.9 Å². The van der Waals surface area contributed by atoms with Crippen LogP contribution in [-0.2, 0) is 4.79 Å². The molecule has 0 unspecified atom stereocenters. The van der Waals surface area contributed by atoms with E-state index in [-0.39, 0.29) is 5.82 Å². The molecule has 3 nitrogen and oxygen atoms in total. The number of hydrogen-bond acceptors (Lipinski definition) is 3. The van der Waals surface area contributed by atoms with Gasteiger partial charge in [-0.25, -0.2) is 9.38 Å². The summed E-state index contributed by atoms with van der Waals surface area (Å²) in [5.41, 5.74) is 2.96. The number of halogens is 1. The number of aldehydes is 1. The summed E-state index contributed by atoms with van der Waals surface area (Å²) in [5, 5.41) is 0. The lowest BCUT2D eigenvalue weighted by Gasteiger charge is -2.27. The molecule has 1 heterocycles. The van der Waals surface area contributed by atoms with Crippen molar-refractivity contribution in [2.24, 2.45) is 4.99 Å². The molecule has 0 N–H and O–H groups in total. The first-order valence-corrected chi connectivity index (χ1v) is 8.12. The van der Waals surface area contributed by atoms with Gasteiger partial charge >= 0.3 is 0 Å². The van der Waals surface area contributed by atoms with Gasteiger partial charge in [0.1, 0.15) is 17.3 Å². The van der Waals surface area contributed by atoms with Crippen LogP contribution in [-0.4, -0.2) is 23.9 Å². The Kier molecular flexibility index (Phi) is 5.85. The van der Waals surface area contributed by atoms with Crippen molar-refractivity contribution in [3.8, 4) is 0 Å². The van der Waals surface area contributed by atoms with Crippen LogP contribution < -0.4 is 0 Å². The topological polar surface area (TPSA) is 32.7 Å². The first-order chi connectivity index (χ1) is 11.5. The fraction of sp³-hybridized carbons (Fsp3) is 0.300. The van der Waals surface area contributed by atoms with Crippen molar-refractivity contribution in [2.45, 2.75) is 33.1 Å². The van der Waals surface area contributed by atoms with Crippen molar-refractivity contribution in [1.82, 2.24) is 4.90 Å². The summed E-state index contributed by atoms with van der Waals surface area (Å²) in [6, 6.07) is 5.22. The molecule has 0 saturated heterocycles. The smallest absolute Gasteiger partial charge is 0.168 e. The highest BCUT2D eigenvalue weighted by Crippen LogP contribution is 2.26. The third-order valence-corrected chi connectivity index (χ3v) is 4.08. The number of aryl methyl sites for hydroxylation is 1. The Morgan fingerprint density at radius 3 is 2.83 bits per heavy atom. The maximum absolute atomic E-state index is 14.3. The summed E-state index contributed by atoms with van der Waals surface area (Å²) in [7, 11) is 1.90. The lowest BCUT2D eigenvalue weighted by molar-refractivity contribution is -0.102. The highest BCUT2D eigenvalue weighted by molar-refractivity contribution is 6.34. The third kappa shape index (κ3) is 3.88. The molecular formula is C20H23FN2O. The molecule has 126 valence electrons. The number of unbranched alkanes of at least 4 members (excludes halogenated alkanes) is 1. The van der Waals surface area contributed by atoms with Crippen LogP contribution >= 0.6 is 0 Å². The van der Waals surface area contributed by atoms with Crippen molar-refractivity contribution < 1.29 is 9.18 Å². The van der Waals surface area contributed by atoms with Gasteiger partial charge in [-0.2, -0.15) is 0 Å². The Labute approximate surface area is 142 Å². The standard InChI is InChI=1S/C20H23FN2O/c1-5-6-9-17-12-16(13-24)22-19(23(17)4)11-15(3)18-10-7-8-14(2)20(18)21/h7-8,10-13H,3,5-6,9H2,1-2,4H3/b19-11-. The van der Waals surface area contributed by atoms with Crippen LogP contribution in [0.2, 0.25) is 0 Å². The van der Waals surface area contributed by atoms with Gasteiger partial charge in [0.25, 0.3) is 0 Å². The SMILES string of the molecule is C=C(/C=C1/N=C(C=O)C=C(CCCC)N1C)c1cccc(C)c1F. The first-order valence-electron chi connectivity index (χ1n) is 8.12. The zero-order valence-electron chi connectivity index (χ0n) is 14.5. The lowest BCUT2D eigenvalue weighted by atomic mass is 10.0. The van der Waals surface area contributed by atoms with Crippen LogP contribution in [0.15, 0.2) is 53.4 Å². The maximum Gasteiger partial charge on any atom is 0.168 e. The molecule has 0 bridgehead atoms. The molecule has 0 radical (unpaired) electrons. The second-order valence-electron chi connectivity index (χ2n) is 5.92. The molecule has 0 aromatic heterocycles. The molecule has 4 heteroatoms. The number of carbonyl (C=O) groups is 1. The summed E-state index contributed by atoms with van der Waals surface area (Å²) < 4.78 is 14.3. The molecule has 0 aliphatic carbocycles. The van der Waals surface area contributed by atoms with Crippen molar-refractivity contribution in [2.75, 3.05) is 7.05 Å².